The Balaban J connectivity index is 2.33. The fourth-order valence-electron chi connectivity index (χ4n) is 1.53. The average Bonchev–Trinajstić information content (AvgIpc) is 2.39. The lowest BCUT2D eigenvalue weighted by molar-refractivity contribution is 1.44. The maximum absolute atomic E-state index is 8.99. The smallest absolute Gasteiger partial charge is 0.101 e. The predicted octanol–water partition coefficient (Wildman–Crippen LogP) is 3.94. The number of rotatable bonds is 2. The first-order chi connectivity index (χ1) is 8.74. The number of anilines is 2. The summed E-state index contributed by atoms with van der Waals surface area (Å²) in [6.07, 6.45) is 0. The van der Waals surface area contributed by atoms with Crippen LogP contribution in [-0.2, 0) is 0 Å². The number of nitrogens with one attached hydrogen (secondary N) is 1. The van der Waals surface area contributed by atoms with Crippen molar-refractivity contribution in [3.8, 4) is 12.1 Å². The van der Waals surface area contributed by atoms with Gasteiger partial charge in [0.05, 0.1) is 16.8 Å². The molecule has 0 aliphatic heterocycles. The Bertz CT molecular complexity index is 665. The van der Waals surface area contributed by atoms with Crippen molar-refractivity contribution in [2.45, 2.75) is 0 Å². The summed E-state index contributed by atoms with van der Waals surface area (Å²) in [4.78, 5) is 0. The maximum atomic E-state index is 8.99. The van der Waals surface area contributed by atoms with Crippen molar-refractivity contribution in [3.05, 3.63) is 58.1 Å². The largest absolute Gasteiger partial charge is 0.354 e. The lowest BCUT2D eigenvalue weighted by Gasteiger charge is -2.08. The molecule has 0 aliphatic carbocycles. The number of benzene rings is 2. The second-order valence-electron chi connectivity index (χ2n) is 3.59. The van der Waals surface area contributed by atoms with Gasteiger partial charge >= 0.3 is 0 Å². The van der Waals surface area contributed by atoms with E-state index in [0.29, 0.717) is 11.1 Å². The molecule has 2 aromatic carbocycles. The van der Waals surface area contributed by atoms with E-state index in [-0.39, 0.29) is 0 Å². The molecule has 0 heterocycles. The molecular formula is C14H8BrN3. The molecule has 0 saturated heterocycles. The quantitative estimate of drug-likeness (QED) is 0.913. The molecule has 18 heavy (non-hydrogen) atoms. The molecule has 0 spiro atoms. The minimum absolute atomic E-state index is 0.578. The summed E-state index contributed by atoms with van der Waals surface area (Å²) in [6.45, 7) is 0. The van der Waals surface area contributed by atoms with Crippen LogP contribution in [0.2, 0.25) is 0 Å². The number of nitriles is 2. The monoisotopic (exact) mass is 297 g/mol. The topological polar surface area (TPSA) is 59.6 Å². The highest BCUT2D eigenvalue weighted by Gasteiger charge is 2.03. The van der Waals surface area contributed by atoms with Crippen LogP contribution in [0.1, 0.15) is 11.1 Å². The number of nitrogens with zero attached hydrogens (tertiary/aromatic N) is 2. The Kier molecular flexibility index (Phi) is 3.62. The lowest BCUT2D eigenvalue weighted by atomic mass is 10.1. The fraction of sp³-hybridized carbons (Fsp3) is 0. The Morgan fingerprint density at radius 2 is 1.67 bits per heavy atom. The van der Waals surface area contributed by atoms with Crippen LogP contribution in [0.15, 0.2) is 46.9 Å². The summed E-state index contributed by atoms with van der Waals surface area (Å²) in [6, 6.07) is 16.8. The SMILES string of the molecule is N#Cc1ccc(Nc2ccccc2C#N)cc1Br. The van der Waals surface area contributed by atoms with Crippen LogP contribution >= 0.6 is 15.9 Å². The molecule has 0 radical (unpaired) electrons. The second kappa shape index (κ2) is 5.35. The van der Waals surface area contributed by atoms with Crippen molar-refractivity contribution < 1.29 is 0 Å². The minimum Gasteiger partial charge on any atom is -0.354 e. The molecule has 2 rings (SSSR count). The summed E-state index contributed by atoms with van der Waals surface area (Å²) in [5.74, 6) is 0. The molecular weight excluding hydrogens is 290 g/mol. The first-order valence-electron chi connectivity index (χ1n) is 5.20. The maximum Gasteiger partial charge on any atom is 0.101 e. The first-order valence-corrected chi connectivity index (χ1v) is 5.99. The van der Waals surface area contributed by atoms with Crippen molar-refractivity contribution in [1.82, 2.24) is 0 Å². The van der Waals surface area contributed by atoms with Crippen molar-refractivity contribution in [2.24, 2.45) is 0 Å². The predicted molar refractivity (Wildman–Crippen MR) is 73.3 cm³/mol. The molecule has 86 valence electrons. The normalized spacial score (nSPS) is 9.28. The van der Waals surface area contributed by atoms with Crippen LogP contribution in [0, 0.1) is 22.7 Å². The van der Waals surface area contributed by atoms with E-state index in [9.17, 15) is 0 Å². The molecule has 0 atom stereocenters. The number of para-hydroxylation sites is 1. The molecule has 2 aromatic rings. The fourth-order valence-corrected chi connectivity index (χ4v) is 2.00. The Labute approximate surface area is 113 Å². The van der Waals surface area contributed by atoms with Crippen molar-refractivity contribution in [2.75, 3.05) is 5.32 Å². The third-order valence-corrected chi connectivity index (χ3v) is 3.07. The van der Waals surface area contributed by atoms with E-state index >= 15 is 0 Å². The standard InChI is InChI=1S/C14H8BrN3/c15-13-7-12(6-5-10(13)8-16)18-14-4-2-1-3-11(14)9-17/h1-7,18H. The summed E-state index contributed by atoms with van der Waals surface area (Å²) >= 11 is 3.33. The average molecular weight is 298 g/mol. The van der Waals surface area contributed by atoms with Crippen LogP contribution in [0.4, 0.5) is 11.4 Å². The molecule has 0 bridgehead atoms. The summed E-state index contributed by atoms with van der Waals surface area (Å²) in [5, 5.41) is 21.0. The Hall–Kier alpha value is -2.30. The van der Waals surface area contributed by atoms with Gasteiger partial charge in [0.25, 0.3) is 0 Å². The van der Waals surface area contributed by atoms with Crippen molar-refractivity contribution in [1.29, 1.82) is 10.5 Å². The number of halogens is 1. The van der Waals surface area contributed by atoms with E-state index in [1.807, 2.05) is 24.3 Å². The van der Waals surface area contributed by atoms with Crippen molar-refractivity contribution in [3.63, 3.8) is 0 Å². The third kappa shape index (κ3) is 2.51. The molecule has 0 aliphatic rings. The Morgan fingerprint density at radius 1 is 0.944 bits per heavy atom. The second-order valence-corrected chi connectivity index (χ2v) is 4.44. The molecule has 0 fully saturated rings. The van der Waals surface area contributed by atoms with Gasteiger partial charge in [0.15, 0.2) is 0 Å². The van der Waals surface area contributed by atoms with Gasteiger partial charge in [0.2, 0.25) is 0 Å². The minimum atomic E-state index is 0.578. The van der Waals surface area contributed by atoms with Gasteiger partial charge in [-0.3, -0.25) is 0 Å². The van der Waals surface area contributed by atoms with Gasteiger partial charge in [-0.05, 0) is 46.3 Å². The van der Waals surface area contributed by atoms with Crippen molar-refractivity contribution >= 4 is 27.3 Å². The molecule has 3 nitrogen and oxygen atoms in total. The number of hydrogen-bond acceptors (Lipinski definition) is 3. The van der Waals surface area contributed by atoms with E-state index in [1.54, 1.807) is 18.2 Å². The summed E-state index contributed by atoms with van der Waals surface area (Å²) in [5.41, 5.74) is 2.73. The van der Waals surface area contributed by atoms with Crippen LogP contribution in [0.25, 0.3) is 0 Å². The highest BCUT2D eigenvalue weighted by atomic mass is 79.9. The lowest BCUT2D eigenvalue weighted by Crippen LogP contribution is -1.93. The van der Waals surface area contributed by atoms with E-state index in [2.05, 4.69) is 33.4 Å². The zero-order valence-corrected chi connectivity index (χ0v) is 10.9. The third-order valence-electron chi connectivity index (χ3n) is 2.42. The zero-order chi connectivity index (χ0) is 13.0. The zero-order valence-electron chi connectivity index (χ0n) is 9.31. The van der Waals surface area contributed by atoms with E-state index in [1.165, 1.54) is 0 Å². The highest BCUT2D eigenvalue weighted by molar-refractivity contribution is 9.10. The van der Waals surface area contributed by atoms with Crippen LogP contribution in [0.3, 0.4) is 0 Å². The van der Waals surface area contributed by atoms with Gasteiger partial charge < -0.3 is 5.32 Å². The van der Waals surface area contributed by atoms with Gasteiger partial charge in [0.1, 0.15) is 12.1 Å². The van der Waals surface area contributed by atoms with Crippen LogP contribution in [-0.4, -0.2) is 0 Å². The van der Waals surface area contributed by atoms with Gasteiger partial charge in [-0.15, -0.1) is 0 Å². The van der Waals surface area contributed by atoms with Gasteiger partial charge in [-0.25, -0.2) is 0 Å². The van der Waals surface area contributed by atoms with Gasteiger partial charge in [-0.1, -0.05) is 12.1 Å². The molecule has 1 N–H and O–H groups in total. The van der Waals surface area contributed by atoms with Crippen LogP contribution in [0.5, 0.6) is 0 Å². The van der Waals surface area contributed by atoms with E-state index in [4.69, 9.17) is 10.5 Å². The molecule has 4 heteroatoms. The van der Waals surface area contributed by atoms with Gasteiger partial charge in [-0.2, -0.15) is 10.5 Å². The van der Waals surface area contributed by atoms with E-state index < -0.39 is 0 Å². The number of hydrogen-bond donors (Lipinski definition) is 1. The van der Waals surface area contributed by atoms with Gasteiger partial charge in [0, 0.05) is 10.2 Å². The van der Waals surface area contributed by atoms with Crippen LogP contribution < -0.4 is 5.32 Å². The highest BCUT2D eigenvalue weighted by Crippen LogP contribution is 2.25. The molecule has 0 amide bonds. The first kappa shape index (κ1) is 12.2. The summed E-state index contributed by atoms with van der Waals surface area (Å²) in [7, 11) is 0. The Morgan fingerprint density at radius 3 is 2.33 bits per heavy atom. The molecule has 0 saturated carbocycles. The summed E-state index contributed by atoms with van der Waals surface area (Å²) < 4.78 is 0.726. The molecule has 0 unspecified atom stereocenters. The molecule has 0 aromatic heterocycles. The van der Waals surface area contributed by atoms with E-state index in [0.717, 1.165) is 15.8 Å².